The monoisotopic (exact) mass is 224 g/mol. The van der Waals surface area contributed by atoms with Gasteiger partial charge in [0.1, 0.15) is 11.5 Å². The summed E-state index contributed by atoms with van der Waals surface area (Å²) in [4.78, 5) is 6.41. The molecule has 5 heteroatoms. The summed E-state index contributed by atoms with van der Waals surface area (Å²) in [5, 5.41) is 0. The van der Waals surface area contributed by atoms with Crippen molar-refractivity contribution in [3.8, 4) is 0 Å². The topological polar surface area (TPSA) is 28.1 Å². The SMILES string of the molecule is Fc1cc(F)c(N=Cc2ccc[nH]2)c(F)c1. The molecule has 0 unspecified atom stereocenters. The molecule has 16 heavy (non-hydrogen) atoms. The molecule has 1 N–H and O–H groups in total. The van der Waals surface area contributed by atoms with Gasteiger partial charge in [0.05, 0.1) is 11.9 Å². The van der Waals surface area contributed by atoms with Crippen molar-refractivity contribution in [1.29, 1.82) is 0 Å². The molecule has 0 aliphatic heterocycles. The van der Waals surface area contributed by atoms with Crippen molar-refractivity contribution in [1.82, 2.24) is 4.98 Å². The van der Waals surface area contributed by atoms with Crippen LogP contribution in [0.1, 0.15) is 5.69 Å². The van der Waals surface area contributed by atoms with E-state index in [9.17, 15) is 13.2 Å². The summed E-state index contributed by atoms with van der Waals surface area (Å²) in [5.41, 5.74) is 0.0964. The highest BCUT2D eigenvalue weighted by molar-refractivity contribution is 5.79. The number of nitrogens with one attached hydrogen (secondary N) is 1. The second-order valence-corrected chi connectivity index (χ2v) is 3.10. The van der Waals surface area contributed by atoms with E-state index < -0.39 is 23.1 Å². The summed E-state index contributed by atoms with van der Waals surface area (Å²) in [6.07, 6.45) is 2.91. The highest BCUT2D eigenvalue weighted by Gasteiger charge is 2.09. The number of rotatable bonds is 2. The average Bonchev–Trinajstić information content (AvgIpc) is 2.68. The van der Waals surface area contributed by atoms with E-state index in [1.807, 2.05) is 0 Å². The Balaban J connectivity index is 2.35. The van der Waals surface area contributed by atoms with Gasteiger partial charge in [-0.1, -0.05) is 0 Å². The second kappa shape index (κ2) is 4.22. The third kappa shape index (κ3) is 2.13. The fourth-order valence-corrected chi connectivity index (χ4v) is 1.22. The minimum absolute atomic E-state index is 0.504. The number of halogens is 3. The molecule has 0 radical (unpaired) electrons. The van der Waals surface area contributed by atoms with Gasteiger partial charge >= 0.3 is 0 Å². The Bertz CT molecular complexity index is 495. The molecule has 1 aromatic heterocycles. The van der Waals surface area contributed by atoms with Crippen molar-refractivity contribution in [2.45, 2.75) is 0 Å². The van der Waals surface area contributed by atoms with Gasteiger partial charge in [0, 0.05) is 18.3 Å². The first-order valence-electron chi connectivity index (χ1n) is 4.49. The molecule has 2 rings (SSSR count). The molecule has 82 valence electrons. The Kier molecular flexibility index (Phi) is 2.76. The molecule has 0 saturated carbocycles. The molecule has 0 aliphatic carbocycles. The number of aliphatic imine (C=N–C) groups is 1. The van der Waals surface area contributed by atoms with Crippen molar-refractivity contribution < 1.29 is 13.2 Å². The van der Waals surface area contributed by atoms with E-state index in [0.717, 1.165) is 0 Å². The number of hydrogen-bond donors (Lipinski definition) is 1. The molecular weight excluding hydrogens is 217 g/mol. The average molecular weight is 224 g/mol. The van der Waals surface area contributed by atoms with Crippen molar-refractivity contribution >= 4 is 11.9 Å². The van der Waals surface area contributed by atoms with Crippen LogP contribution in [0.4, 0.5) is 18.9 Å². The number of benzene rings is 1. The molecule has 0 aliphatic rings. The molecule has 1 aromatic carbocycles. The largest absolute Gasteiger partial charge is 0.360 e. The van der Waals surface area contributed by atoms with Gasteiger partial charge in [-0.25, -0.2) is 18.2 Å². The van der Waals surface area contributed by atoms with Gasteiger partial charge in [0.2, 0.25) is 0 Å². The molecular formula is C11H7F3N2. The first-order chi connectivity index (χ1) is 7.66. The Morgan fingerprint density at radius 2 is 1.81 bits per heavy atom. The van der Waals surface area contributed by atoms with Crippen LogP contribution in [0.3, 0.4) is 0 Å². The maximum absolute atomic E-state index is 13.1. The van der Waals surface area contributed by atoms with Gasteiger partial charge in [-0.3, -0.25) is 0 Å². The fourth-order valence-electron chi connectivity index (χ4n) is 1.22. The van der Waals surface area contributed by atoms with Crippen molar-refractivity contribution in [3.63, 3.8) is 0 Å². The van der Waals surface area contributed by atoms with E-state index in [4.69, 9.17) is 0 Å². The number of nitrogens with zero attached hydrogens (tertiary/aromatic N) is 1. The van der Waals surface area contributed by atoms with Crippen molar-refractivity contribution in [2.75, 3.05) is 0 Å². The molecule has 0 saturated heterocycles. The van der Waals surface area contributed by atoms with Crippen LogP contribution in [0.25, 0.3) is 0 Å². The first-order valence-corrected chi connectivity index (χ1v) is 4.49. The predicted octanol–water partition coefficient (Wildman–Crippen LogP) is 3.18. The highest BCUT2D eigenvalue weighted by Crippen LogP contribution is 2.22. The van der Waals surface area contributed by atoms with Crippen LogP contribution in [-0.4, -0.2) is 11.2 Å². The zero-order valence-electron chi connectivity index (χ0n) is 8.05. The molecule has 0 atom stereocenters. The summed E-state index contributed by atoms with van der Waals surface area (Å²) in [6.45, 7) is 0. The highest BCUT2D eigenvalue weighted by atomic mass is 19.1. The van der Waals surface area contributed by atoms with Gasteiger partial charge in [-0.2, -0.15) is 0 Å². The number of aromatic nitrogens is 1. The Labute approximate surface area is 89.5 Å². The lowest BCUT2D eigenvalue weighted by Crippen LogP contribution is -1.87. The molecule has 0 amide bonds. The Morgan fingerprint density at radius 1 is 1.12 bits per heavy atom. The van der Waals surface area contributed by atoms with E-state index in [1.54, 1.807) is 18.3 Å². The van der Waals surface area contributed by atoms with E-state index >= 15 is 0 Å². The van der Waals surface area contributed by atoms with Gasteiger partial charge in [0.15, 0.2) is 11.6 Å². The molecule has 0 fully saturated rings. The third-order valence-electron chi connectivity index (χ3n) is 1.94. The molecule has 0 bridgehead atoms. The Morgan fingerprint density at radius 3 is 2.38 bits per heavy atom. The quantitative estimate of drug-likeness (QED) is 0.759. The van der Waals surface area contributed by atoms with E-state index in [-0.39, 0.29) is 0 Å². The minimum atomic E-state index is -1.03. The number of H-pyrrole nitrogens is 1. The first kappa shape index (κ1) is 10.5. The lowest BCUT2D eigenvalue weighted by molar-refractivity contribution is 0.547. The Hall–Kier alpha value is -2.04. The van der Waals surface area contributed by atoms with Gasteiger partial charge in [-0.05, 0) is 12.1 Å². The van der Waals surface area contributed by atoms with Gasteiger partial charge < -0.3 is 4.98 Å². The second-order valence-electron chi connectivity index (χ2n) is 3.10. The van der Waals surface area contributed by atoms with Crippen LogP contribution in [0.5, 0.6) is 0 Å². The summed E-state index contributed by atoms with van der Waals surface area (Å²) in [7, 11) is 0. The fraction of sp³-hybridized carbons (Fsp3) is 0. The minimum Gasteiger partial charge on any atom is -0.360 e. The third-order valence-corrected chi connectivity index (χ3v) is 1.94. The molecule has 1 heterocycles. The van der Waals surface area contributed by atoms with Crippen LogP contribution in [0.2, 0.25) is 0 Å². The number of aromatic amines is 1. The summed E-state index contributed by atoms with van der Waals surface area (Å²) < 4.78 is 38.9. The van der Waals surface area contributed by atoms with Crippen LogP contribution >= 0.6 is 0 Å². The van der Waals surface area contributed by atoms with Crippen molar-refractivity contribution in [2.24, 2.45) is 4.99 Å². The van der Waals surface area contributed by atoms with Crippen LogP contribution in [0, 0.1) is 17.5 Å². The summed E-state index contributed by atoms with van der Waals surface area (Å²) in [5.74, 6) is -3.02. The lowest BCUT2D eigenvalue weighted by atomic mass is 10.3. The van der Waals surface area contributed by atoms with Crippen LogP contribution < -0.4 is 0 Å². The summed E-state index contributed by atoms with van der Waals surface area (Å²) >= 11 is 0. The maximum atomic E-state index is 13.1. The van der Waals surface area contributed by atoms with Crippen molar-refractivity contribution in [3.05, 3.63) is 53.6 Å². The zero-order chi connectivity index (χ0) is 11.5. The maximum Gasteiger partial charge on any atom is 0.154 e. The molecule has 0 spiro atoms. The lowest BCUT2D eigenvalue weighted by Gasteiger charge is -1.98. The van der Waals surface area contributed by atoms with E-state index in [0.29, 0.717) is 17.8 Å². The normalized spacial score (nSPS) is 11.2. The van der Waals surface area contributed by atoms with E-state index in [2.05, 4.69) is 9.98 Å². The van der Waals surface area contributed by atoms with E-state index in [1.165, 1.54) is 6.21 Å². The summed E-state index contributed by atoms with van der Waals surface area (Å²) in [6, 6.07) is 4.58. The van der Waals surface area contributed by atoms with Gasteiger partial charge in [0.25, 0.3) is 0 Å². The predicted molar refractivity (Wildman–Crippen MR) is 54.4 cm³/mol. The van der Waals surface area contributed by atoms with Gasteiger partial charge in [-0.15, -0.1) is 0 Å². The molecule has 2 aromatic rings. The standard InChI is InChI=1S/C11H7F3N2/c12-7-4-9(13)11(10(14)5-7)16-6-8-2-1-3-15-8/h1-6,15H. The smallest absolute Gasteiger partial charge is 0.154 e. The van der Waals surface area contributed by atoms with Crippen LogP contribution in [0.15, 0.2) is 35.5 Å². The molecule has 2 nitrogen and oxygen atoms in total. The van der Waals surface area contributed by atoms with Crippen LogP contribution in [-0.2, 0) is 0 Å². The number of hydrogen-bond acceptors (Lipinski definition) is 1. The zero-order valence-corrected chi connectivity index (χ0v) is 8.05.